The second kappa shape index (κ2) is 8.08. The molecule has 5 nitrogen and oxygen atoms in total. The zero-order valence-corrected chi connectivity index (χ0v) is 13.7. The number of nitrogens with one attached hydrogen (secondary N) is 1. The van der Waals surface area contributed by atoms with Crippen LogP contribution in [0.4, 0.5) is 4.39 Å². The summed E-state index contributed by atoms with van der Waals surface area (Å²) in [6, 6.07) is 4.16. The van der Waals surface area contributed by atoms with Gasteiger partial charge in [-0.15, -0.1) is 0 Å². The van der Waals surface area contributed by atoms with E-state index in [0.29, 0.717) is 29.5 Å². The number of ether oxygens (including phenoxy) is 1. The maximum absolute atomic E-state index is 13.6. The minimum atomic E-state index is -0.327. The summed E-state index contributed by atoms with van der Waals surface area (Å²) in [5, 5.41) is 7.68. The fourth-order valence-electron chi connectivity index (χ4n) is 2.44. The maximum atomic E-state index is 13.6. The van der Waals surface area contributed by atoms with Crippen molar-refractivity contribution in [2.45, 2.75) is 19.4 Å². The lowest BCUT2D eigenvalue weighted by atomic mass is 10.1. The third-order valence-electron chi connectivity index (χ3n) is 3.50. The Balaban J connectivity index is 2.28. The van der Waals surface area contributed by atoms with E-state index in [1.54, 1.807) is 19.1 Å². The number of rotatable bonds is 3. The molecule has 1 aliphatic rings. The molecule has 1 heterocycles. The van der Waals surface area contributed by atoms with Crippen LogP contribution in [0.3, 0.4) is 0 Å². The van der Waals surface area contributed by atoms with Crippen molar-refractivity contribution in [2.24, 2.45) is 10.7 Å². The summed E-state index contributed by atoms with van der Waals surface area (Å²) < 4.78 is 19.2. The first-order chi connectivity index (χ1) is 11.0. The van der Waals surface area contributed by atoms with Crippen molar-refractivity contribution in [1.82, 2.24) is 4.90 Å². The molecule has 2 rings (SSSR count). The van der Waals surface area contributed by atoms with Crippen molar-refractivity contribution in [3.05, 3.63) is 46.9 Å². The number of allylic oxidation sites excluding steroid dienone is 1. The van der Waals surface area contributed by atoms with Gasteiger partial charge in [-0.05, 0) is 43.2 Å². The fraction of sp³-hybridized carbons (Fsp3) is 0.375. The van der Waals surface area contributed by atoms with Crippen LogP contribution in [0.15, 0.2) is 35.5 Å². The highest BCUT2D eigenvalue weighted by Gasteiger charge is 2.23. The first kappa shape index (κ1) is 17.4. The number of hydrogen-bond acceptors (Lipinski definition) is 3. The van der Waals surface area contributed by atoms with E-state index in [1.807, 2.05) is 11.1 Å². The lowest BCUT2D eigenvalue weighted by Crippen LogP contribution is -2.26. The highest BCUT2D eigenvalue weighted by Crippen LogP contribution is 2.30. The van der Waals surface area contributed by atoms with Gasteiger partial charge in [0.2, 0.25) is 5.96 Å². The van der Waals surface area contributed by atoms with Crippen molar-refractivity contribution in [3.8, 4) is 0 Å². The molecule has 1 aromatic rings. The van der Waals surface area contributed by atoms with Crippen molar-refractivity contribution >= 4 is 23.3 Å². The third kappa shape index (κ3) is 5.04. The van der Waals surface area contributed by atoms with Crippen LogP contribution >= 0.6 is 11.6 Å². The SMILES string of the molecule is CC(/C=C/N1CCCOCC1c1cc(F)ccc1Cl)=N/C(=N)N. The number of guanidine groups is 1. The van der Waals surface area contributed by atoms with E-state index in [0.717, 1.165) is 13.0 Å². The molecule has 1 aliphatic heterocycles. The van der Waals surface area contributed by atoms with Gasteiger partial charge in [-0.1, -0.05) is 11.6 Å². The van der Waals surface area contributed by atoms with Crippen molar-refractivity contribution in [3.63, 3.8) is 0 Å². The van der Waals surface area contributed by atoms with Crippen LogP contribution in [-0.2, 0) is 4.74 Å². The van der Waals surface area contributed by atoms with Crippen LogP contribution < -0.4 is 5.73 Å². The smallest absolute Gasteiger partial charge is 0.212 e. The minimum Gasteiger partial charge on any atom is -0.379 e. The predicted octanol–water partition coefficient (Wildman–Crippen LogP) is 3.11. The first-order valence-electron chi connectivity index (χ1n) is 7.33. The van der Waals surface area contributed by atoms with E-state index in [2.05, 4.69) is 4.99 Å². The van der Waals surface area contributed by atoms with Crippen LogP contribution in [0.1, 0.15) is 24.9 Å². The molecule has 0 spiro atoms. The molecule has 1 unspecified atom stereocenters. The summed E-state index contributed by atoms with van der Waals surface area (Å²) in [6.07, 6.45) is 4.49. The lowest BCUT2D eigenvalue weighted by molar-refractivity contribution is 0.114. The Morgan fingerprint density at radius 1 is 1.57 bits per heavy atom. The van der Waals surface area contributed by atoms with Gasteiger partial charge < -0.3 is 15.4 Å². The molecule has 0 radical (unpaired) electrons. The predicted molar refractivity (Wildman–Crippen MR) is 90.5 cm³/mol. The molecule has 0 amide bonds. The average molecular weight is 339 g/mol. The van der Waals surface area contributed by atoms with Crippen molar-refractivity contribution in [2.75, 3.05) is 19.8 Å². The Kier molecular flexibility index (Phi) is 6.12. The monoisotopic (exact) mass is 338 g/mol. The van der Waals surface area contributed by atoms with Crippen LogP contribution in [0, 0.1) is 11.2 Å². The number of aliphatic imine (C=N–C) groups is 1. The molecule has 0 bridgehead atoms. The minimum absolute atomic E-state index is 0.179. The Bertz CT molecular complexity index is 633. The number of nitrogens with zero attached hydrogens (tertiary/aromatic N) is 2. The second-order valence-corrected chi connectivity index (χ2v) is 5.71. The Morgan fingerprint density at radius 3 is 3.09 bits per heavy atom. The number of hydrogen-bond donors (Lipinski definition) is 2. The largest absolute Gasteiger partial charge is 0.379 e. The van der Waals surface area contributed by atoms with Gasteiger partial charge in [0.1, 0.15) is 5.82 Å². The molecule has 1 saturated heterocycles. The van der Waals surface area contributed by atoms with E-state index in [1.165, 1.54) is 12.1 Å². The van der Waals surface area contributed by atoms with E-state index in [4.69, 9.17) is 27.5 Å². The van der Waals surface area contributed by atoms with Gasteiger partial charge in [-0.3, -0.25) is 5.41 Å². The molecule has 1 aromatic carbocycles. The zero-order valence-electron chi connectivity index (χ0n) is 12.9. The van der Waals surface area contributed by atoms with Gasteiger partial charge in [-0.2, -0.15) is 0 Å². The van der Waals surface area contributed by atoms with E-state index >= 15 is 0 Å². The molecule has 7 heteroatoms. The Labute approximate surface area is 140 Å². The molecular formula is C16H20ClFN4O. The summed E-state index contributed by atoms with van der Waals surface area (Å²) in [6.45, 7) is 3.59. The van der Waals surface area contributed by atoms with Gasteiger partial charge >= 0.3 is 0 Å². The highest BCUT2D eigenvalue weighted by atomic mass is 35.5. The van der Waals surface area contributed by atoms with E-state index in [-0.39, 0.29) is 17.8 Å². The quantitative estimate of drug-likeness (QED) is 0.657. The maximum Gasteiger partial charge on any atom is 0.212 e. The van der Waals surface area contributed by atoms with Gasteiger partial charge in [0.05, 0.1) is 12.6 Å². The summed E-state index contributed by atoms with van der Waals surface area (Å²) in [7, 11) is 0. The molecule has 0 saturated carbocycles. The lowest BCUT2D eigenvalue weighted by Gasteiger charge is -2.29. The average Bonchev–Trinajstić information content (AvgIpc) is 2.72. The summed E-state index contributed by atoms with van der Waals surface area (Å²) in [5.41, 5.74) is 6.56. The van der Waals surface area contributed by atoms with Crippen LogP contribution in [-0.4, -0.2) is 36.3 Å². The molecule has 23 heavy (non-hydrogen) atoms. The number of halogens is 2. The summed E-state index contributed by atoms with van der Waals surface area (Å²) >= 11 is 6.24. The molecule has 1 atom stereocenters. The number of benzene rings is 1. The van der Waals surface area contributed by atoms with Gasteiger partial charge in [0, 0.05) is 30.1 Å². The van der Waals surface area contributed by atoms with Crippen LogP contribution in [0.2, 0.25) is 5.02 Å². The fourth-order valence-corrected chi connectivity index (χ4v) is 2.69. The van der Waals surface area contributed by atoms with Gasteiger partial charge in [0.25, 0.3) is 0 Å². The summed E-state index contributed by atoms with van der Waals surface area (Å²) in [5.74, 6) is -0.567. The van der Waals surface area contributed by atoms with E-state index in [9.17, 15) is 4.39 Å². The third-order valence-corrected chi connectivity index (χ3v) is 3.85. The Hall–Kier alpha value is -1.92. The van der Waals surface area contributed by atoms with Gasteiger partial charge in [-0.25, -0.2) is 9.38 Å². The molecule has 0 aliphatic carbocycles. The topological polar surface area (TPSA) is 74.7 Å². The highest BCUT2D eigenvalue weighted by molar-refractivity contribution is 6.31. The zero-order chi connectivity index (χ0) is 16.8. The van der Waals surface area contributed by atoms with Crippen LogP contribution in [0.5, 0.6) is 0 Å². The summed E-state index contributed by atoms with van der Waals surface area (Å²) in [4.78, 5) is 5.91. The molecule has 124 valence electrons. The number of nitrogens with two attached hydrogens (primary N) is 1. The molecular weight excluding hydrogens is 319 g/mol. The van der Waals surface area contributed by atoms with Crippen molar-refractivity contribution < 1.29 is 9.13 Å². The molecule has 3 N–H and O–H groups in total. The van der Waals surface area contributed by atoms with E-state index < -0.39 is 0 Å². The molecule has 1 fully saturated rings. The first-order valence-corrected chi connectivity index (χ1v) is 7.71. The van der Waals surface area contributed by atoms with Crippen molar-refractivity contribution in [1.29, 1.82) is 5.41 Å². The standard InChI is InChI=1S/C16H20ClFN4O/c1-11(21-16(19)20)5-7-22-6-2-8-23-10-15(22)13-9-12(18)3-4-14(13)17/h3-5,7,9,15H,2,6,8,10H2,1H3,(H3,19,20)/b7-5+,21-11-. The second-order valence-electron chi connectivity index (χ2n) is 5.30. The normalized spacial score (nSPS) is 19.9. The molecule has 0 aromatic heterocycles. The van der Waals surface area contributed by atoms with Gasteiger partial charge in [0.15, 0.2) is 0 Å². The van der Waals surface area contributed by atoms with Crippen LogP contribution in [0.25, 0.3) is 0 Å². The Morgan fingerprint density at radius 2 is 2.35 bits per heavy atom.